The first kappa shape index (κ1) is 12.9. The highest BCUT2D eigenvalue weighted by Crippen LogP contribution is 2.30. The van der Waals surface area contributed by atoms with Crippen LogP contribution in [0.15, 0.2) is 22.7 Å². The van der Waals surface area contributed by atoms with Crippen LogP contribution < -0.4 is 10.1 Å². The number of nitrogens with one attached hydrogen (secondary N) is 1. The Bertz CT molecular complexity index is 380. The number of benzene rings is 1. The Labute approximate surface area is 111 Å². The molecule has 0 bridgehead atoms. The highest BCUT2D eigenvalue weighted by molar-refractivity contribution is 9.10. The molecule has 0 amide bonds. The van der Waals surface area contributed by atoms with E-state index in [4.69, 9.17) is 9.47 Å². The molecular formula is C13H18BrNO2. The van der Waals surface area contributed by atoms with Crippen molar-refractivity contribution in [3.05, 3.63) is 28.2 Å². The Balaban J connectivity index is 2.16. The molecule has 0 aliphatic carbocycles. The SMILES string of the molecule is CCNC(C)c1cc(Br)ccc1OC1COC1. The smallest absolute Gasteiger partial charge is 0.145 e. The molecule has 0 aromatic heterocycles. The molecule has 1 fully saturated rings. The molecule has 1 atom stereocenters. The van der Waals surface area contributed by atoms with Gasteiger partial charge in [0.15, 0.2) is 0 Å². The van der Waals surface area contributed by atoms with E-state index in [0.29, 0.717) is 13.2 Å². The lowest BCUT2D eigenvalue weighted by molar-refractivity contribution is -0.0801. The second-order valence-electron chi connectivity index (χ2n) is 4.24. The summed E-state index contributed by atoms with van der Waals surface area (Å²) in [6, 6.07) is 6.43. The minimum atomic E-state index is 0.212. The number of halogens is 1. The predicted molar refractivity (Wildman–Crippen MR) is 71.5 cm³/mol. The van der Waals surface area contributed by atoms with Crippen LogP contribution in [0.1, 0.15) is 25.5 Å². The number of hydrogen-bond donors (Lipinski definition) is 1. The molecule has 1 aliphatic rings. The van der Waals surface area contributed by atoms with E-state index in [2.05, 4.69) is 41.2 Å². The third kappa shape index (κ3) is 3.21. The molecule has 94 valence electrons. The summed E-state index contributed by atoms with van der Waals surface area (Å²) in [5, 5.41) is 3.41. The quantitative estimate of drug-likeness (QED) is 0.907. The predicted octanol–water partition coefficient (Wildman–Crippen LogP) is 2.90. The molecule has 4 heteroatoms. The van der Waals surface area contributed by atoms with Gasteiger partial charge in [-0.15, -0.1) is 0 Å². The van der Waals surface area contributed by atoms with Crippen molar-refractivity contribution in [2.24, 2.45) is 0 Å². The molecule has 17 heavy (non-hydrogen) atoms. The molecule has 1 aliphatic heterocycles. The minimum Gasteiger partial charge on any atom is -0.485 e. The summed E-state index contributed by atoms with van der Waals surface area (Å²) in [5.41, 5.74) is 1.19. The zero-order valence-corrected chi connectivity index (χ0v) is 11.8. The van der Waals surface area contributed by atoms with Crippen molar-refractivity contribution < 1.29 is 9.47 Å². The average molecular weight is 300 g/mol. The highest BCUT2D eigenvalue weighted by Gasteiger charge is 2.22. The van der Waals surface area contributed by atoms with Gasteiger partial charge < -0.3 is 14.8 Å². The third-order valence-electron chi connectivity index (χ3n) is 2.85. The molecule has 0 saturated carbocycles. The molecule has 2 rings (SSSR count). The Hall–Kier alpha value is -0.580. The maximum absolute atomic E-state index is 5.92. The van der Waals surface area contributed by atoms with Crippen LogP contribution in [0.4, 0.5) is 0 Å². The van der Waals surface area contributed by atoms with E-state index < -0.39 is 0 Å². The van der Waals surface area contributed by atoms with Crippen molar-refractivity contribution in [1.29, 1.82) is 0 Å². The van der Waals surface area contributed by atoms with E-state index in [0.717, 1.165) is 16.8 Å². The van der Waals surface area contributed by atoms with Gasteiger partial charge in [0.05, 0.1) is 13.2 Å². The molecule has 1 aromatic rings. The normalized spacial score (nSPS) is 17.6. The van der Waals surface area contributed by atoms with Gasteiger partial charge in [0.1, 0.15) is 11.9 Å². The van der Waals surface area contributed by atoms with Crippen LogP contribution in [0, 0.1) is 0 Å². The number of rotatable bonds is 5. The summed E-state index contributed by atoms with van der Waals surface area (Å²) in [7, 11) is 0. The van der Waals surface area contributed by atoms with E-state index >= 15 is 0 Å². The lowest BCUT2D eigenvalue weighted by Crippen LogP contribution is -2.39. The van der Waals surface area contributed by atoms with Crippen molar-refractivity contribution in [1.82, 2.24) is 5.32 Å². The molecule has 1 N–H and O–H groups in total. The van der Waals surface area contributed by atoms with Crippen LogP contribution in [0.3, 0.4) is 0 Å². The van der Waals surface area contributed by atoms with Gasteiger partial charge in [-0.3, -0.25) is 0 Å². The van der Waals surface area contributed by atoms with Gasteiger partial charge >= 0.3 is 0 Å². The molecular weight excluding hydrogens is 282 g/mol. The van der Waals surface area contributed by atoms with Gasteiger partial charge in [0, 0.05) is 16.1 Å². The summed E-state index contributed by atoms with van der Waals surface area (Å²) >= 11 is 3.50. The summed E-state index contributed by atoms with van der Waals surface area (Å²) in [5.74, 6) is 0.954. The van der Waals surface area contributed by atoms with Crippen molar-refractivity contribution in [2.45, 2.75) is 26.0 Å². The van der Waals surface area contributed by atoms with Crippen LogP contribution in [0.5, 0.6) is 5.75 Å². The summed E-state index contributed by atoms with van der Waals surface area (Å²) < 4.78 is 12.1. The lowest BCUT2D eigenvalue weighted by Gasteiger charge is -2.28. The van der Waals surface area contributed by atoms with Gasteiger partial charge in [-0.2, -0.15) is 0 Å². The second kappa shape index (κ2) is 5.85. The maximum Gasteiger partial charge on any atom is 0.145 e. The van der Waals surface area contributed by atoms with E-state index in [-0.39, 0.29) is 12.1 Å². The topological polar surface area (TPSA) is 30.5 Å². The molecule has 1 aromatic carbocycles. The Morgan fingerprint density at radius 2 is 2.29 bits per heavy atom. The van der Waals surface area contributed by atoms with Crippen molar-refractivity contribution in [3.8, 4) is 5.75 Å². The second-order valence-corrected chi connectivity index (χ2v) is 5.15. The van der Waals surface area contributed by atoms with E-state index in [9.17, 15) is 0 Å². The molecule has 1 unspecified atom stereocenters. The zero-order chi connectivity index (χ0) is 12.3. The average Bonchev–Trinajstić information content (AvgIpc) is 2.25. The molecule has 3 nitrogen and oxygen atoms in total. The van der Waals surface area contributed by atoms with E-state index in [1.54, 1.807) is 0 Å². The minimum absolute atomic E-state index is 0.212. The first-order chi connectivity index (χ1) is 8.20. The first-order valence-corrected chi connectivity index (χ1v) is 6.77. The molecule has 0 spiro atoms. The fourth-order valence-electron chi connectivity index (χ4n) is 1.84. The Morgan fingerprint density at radius 1 is 1.53 bits per heavy atom. The number of hydrogen-bond acceptors (Lipinski definition) is 3. The lowest BCUT2D eigenvalue weighted by atomic mass is 10.1. The van der Waals surface area contributed by atoms with Crippen LogP contribution in [0.2, 0.25) is 0 Å². The van der Waals surface area contributed by atoms with Crippen LogP contribution in [0.25, 0.3) is 0 Å². The van der Waals surface area contributed by atoms with Crippen molar-refractivity contribution in [2.75, 3.05) is 19.8 Å². The summed E-state index contributed by atoms with van der Waals surface area (Å²) in [6.45, 7) is 6.60. The van der Waals surface area contributed by atoms with Crippen LogP contribution >= 0.6 is 15.9 Å². The fraction of sp³-hybridized carbons (Fsp3) is 0.538. The van der Waals surface area contributed by atoms with E-state index in [1.165, 1.54) is 5.56 Å². The van der Waals surface area contributed by atoms with Gasteiger partial charge in [-0.05, 0) is 31.7 Å². The monoisotopic (exact) mass is 299 g/mol. The maximum atomic E-state index is 5.92. The highest BCUT2D eigenvalue weighted by atomic mass is 79.9. The van der Waals surface area contributed by atoms with Gasteiger partial charge in [-0.1, -0.05) is 22.9 Å². The van der Waals surface area contributed by atoms with Crippen molar-refractivity contribution >= 4 is 15.9 Å². The van der Waals surface area contributed by atoms with E-state index in [1.807, 2.05) is 12.1 Å². The van der Waals surface area contributed by atoms with Gasteiger partial charge in [0.2, 0.25) is 0 Å². The molecule has 0 radical (unpaired) electrons. The fourth-order valence-corrected chi connectivity index (χ4v) is 2.22. The standard InChI is InChI=1S/C13H18BrNO2/c1-3-15-9(2)12-6-10(14)4-5-13(12)17-11-7-16-8-11/h4-6,9,11,15H,3,7-8H2,1-2H3. The molecule has 1 saturated heterocycles. The number of ether oxygens (including phenoxy) is 2. The zero-order valence-electron chi connectivity index (χ0n) is 10.2. The van der Waals surface area contributed by atoms with Gasteiger partial charge in [-0.25, -0.2) is 0 Å². The van der Waals surface area contributed by atoms with Crippen molar-refractivity contribution in [3.63, 3.8) is 0 Å². The van der Waals surface area contributed by atoms with Crippen LogP contribution in [-0.4, -0.2) is 25.9 Å². The Kier molecular flexibility index (Phi) is 4.42. The summed E-state index contributed by atoms with van der Waals surface area (Å²) in [6.07, 6.45) is 0.212. The first-order valence-electron chi connectivity index (χ1n) is 5.98. The van der Waals surface area contributed by atoms with Crippen LogP contribution in [-0.2, 0) is 4.74 Å². The molecule has 1 heterocycles. The largest absolute Gasteiger partial charge is 0.485 e. The Morgan fingerprint density at radius 3 is 2.88 bits per heavy atom. The third-order valence-corrected chi connectivity index (χ3v) is 3.34. The van der Waals surface area contributed by atoms with Gasteiger partial charge in [0.25, 0.3) is 0 Å². The summed E-state index contributed by atoms with van der Waals surface area (Å²) in [4.78, 5) is 0.